The molecule has 3 aromatic rings. The second-order valence-electron chi connectivity index (χ2n) is 7.55. The fourth-order valence-electron chi connectivity index (χ4n) is 3.40. The highest BCUT2D eigenvalue weighted by atomic mass is 32.2. The Labute approximate surface area is 199 Å². The van der Waals surface area contributed by atoms with Crippen LogP contribution in [0.2, 0.25) is 0 Å². The van der Waals surface area contributed by atoms with Crippen molar-refractivity contribution < 1.29 is 18.3 Å². The molecule has 0 unspecified atom stereocenters. The lowest BCUT2D eigenvalue weighted by atomic mass is 10.1. The summed E-state index contributed by atoms with van der Waals surface area (Å²) in [7, 11) is 0. The molecule has 1 heterocycles. The van der Waals surface area contributed by atoms with Gasteiger partial charge in [-0.25, -0.2) is 0 Å². The third kappa shape index (κ3) is 7.86. The summed E-state index contributed by atoms with van der Waals surface area (Å²) in [5.74, 6) is 1.85. The van der Waals surface area contributed by atoms with Gasteiger partial charge in [-0.05, 0) is 55.4 Å². The summed E-state index contributed by atoms with van der Waals surface area (Å²) in [5.41, 5.74) is 0.822. The number of nitrogens with zero attached hydrogens (tertiary/aromatic N) is 1. The van der Waals surface area contributed by atoms with Crippen LogP contribution in [0.4, 0.5) is 13.2 Å². The van der Waals surface area contributed by atoms with Crippen molar-refractivity contribution in [1.82, 2.24) is 15.2 Å². The lowest BCUT2D eigenvalue weighted by molar-refractivity contribution is -0.137. The molecule has 0 saturated carbocycles. The van der Waals surface area contributed by atoms with Crippen LogP contribution in [-0.2, 0) is 12.6 Å². The predicted octanol–water partition coefficient (Wildman–Crippen LogP) is 4.12. The minimum atomic E-state index is -4.30. The minimum Gasteiger partial charge on any atom is -0.372 e. The lowest BCUT2D eigenvalue weighted by Crippen LogP contribution is -2.30. The number of aliphatic hydroxyl groups is 1. The molecule has 1 atom stereocenters. The number of halogens is 3. The van der Waals surface area contributed by atoms with Crippen molar-refractivity contribution in [2.45, 2.75) is 25.2 Å². The number of hydrogen-bond acceptors (Lipinski definition) is 6. The maximum Gasteiger partial charge on any atom is 0.416 e. The molecule has 10 heteroatoms. The van der Waals surface area contributed by atoms with Gasteiger partial charge in [0.05, 0.1) is 15.8 Å². The Hall–Kier alpha value is -1.85. The summed E-state index contributed by atoms with van der Waals surface area (Å²) in [6.45, 7) is 2.48. The number of rotatable bonds is 13. The van der Waals surface area contributed by atoms with Gasteiger partial charge in [0.2, 0.25) is 0 Å². The Balaban J connectivity index is 1.22. The Bertz CT molecular complexity index is 1070. The number of fused-ring (bicyclic) bond motifs is 1. The second kappa shape index (κ2) is 12.6. The van der Waals surface area contributed by atoms with Crippen LogP contribution in [0.1, 0.15) is 23.8 Å². The van der Waals surface area contributed by atoms with Gasteiger partial charge >= 0.3 is 11.0 Å². The normalized spacial score (nSPS) is 13.0. The molecule has 3 rings (SSSR count). The highest BCUT2D eigenvalue weighted by Crippen LogP contribution is 2.29. The predicted molar refractivity (Wildman–Crippen MR) is 130 cm³/mol. The highest BCUT2D eigenvalue weighted by Gasteiger charge is 2.30. The maximum atomic E-state index is 12.7. The van der Waals surface area contributed by atoms with E-state index in [2.05, 4.69) is 10.6 Å². The topological polar surface area (TPSA) is 66.3 Å². The van der Waals surface area contributed by atoms with Gasteiger partial charge in [-0.15, -0.1) is 0 Å². The van der Waals surface area contributed by atoms with Gasteiger partial charge in [-0.3, -0.25) is 9.36 Å². The molecular weight excluding hydrogens is 471 g/mol. The molecule has 1 aromatic heterocycles. The van der Waals surface area contributed by atoms with E-state index < -0.39 is 18.0 Å². The molecule has 0 aliphatic rings. The number of hydrogen-bond donors (Lipinski definition) is 3. The lowest BCUT2D eigenvalue weighted by Gasteiger charge is -2.13. The van der Waals surface area contributed by atoms with E-state index in [1.807, 2.05) is 24.3 Å². The average Bonchev–Trinajstić information content (AvgIpc) is 3.12. The summed E-state index contributed by atoms with van der Waals surface area (Å²) in [6.07, 6.45) is -3.68. The molecule has 5 nitrogen and oxygen atoms in total. The van der Waals surface area contributed by atoms with Crippen LogP contribution in [0, 0.1) is 0 Å². The number of benzene rings is 2. The molecule has 0 amide bonds. The van der Waals surface area contributed by atoms with E-state index >= 15 is 0 Å². The summed E-state index contributed by atoms with van der Waals surface area (Å²) in [4.78, 5) is 12.0. The Kier molecular flexibility index (Phi) is 9.81. The summed E-state index contributed by atoms with van der Waals surface area (Å²) in [6, 6.07) is 12.9. The molecule has 0 radical (unpaired) electrons. The Morgan fingerprint density at radius 3 is 2.67 bits per heavy atom. The largest absolute Gasteiger partial charge is 0.416 e. The van der Waals surface area contributed by atoms with Crippen molar-refractivity contribution in [3.63, 3.8) is 0 Å². The van der Waals surface area contributed by atoms with Gasteiger partial charge in [-0.2, -0.15) is 24.9 Å². The minimum absolute atomic E-state index is 0.166. The molecule has 0 saturated heterocycles. The zero-order valence-corrected chi connectivity index (χ0v) is 19.7. The quantitative estimate of drug-likeness (QED) is 0.309. The molecular formula is C23H28F3N3O2S2. The smallest absolute Gasteiger partial charge is 0.372 e. The van der Waals surface area contributed by atoms with E-state index in [1.165, 1.54) is 16.7 Å². The Morgan fingerprint density at radius 1 is 1.03 bits per heavy atom. The number of para-hydroxylation sites is 1. The molecule has 0 bridgehead atoms. The third-order valence-electron chi connectivity index (χ3n) is 5.05. The number of alkyl halides is 3. The van der Waals surface area contributed by atoms with Gasteiger partial charge in [0, 0.05) is 18.8 Å². The van der Waals surface area contributed by atoms with Crippen LogP contribution < -0.4 is 15.5 Å². The fourth-order valence-corrected chi connectivity index (χ4v) is 5.16. The van der Waals surface area contributed by atoms with Gasteiger partial charge < -0.3 is 15.7 Å². The van der Waals surface area contributed by atoms with Crippen LogP contribution in [0.5, 0.6) is 0 Å². The first-order valence-electron chi connectivity index (χ1n) is 10.8. The fraction of sp³-hybridized carbons (Fsp3) is 0.435. The van der Waals surface area contributed by atoms with Gasteiger partial charge in [0.1, 0.15) is 6.23 Å². The molecule has 0 aliphatic carbocycles. The first kappa shape index (κ1) is 25.8. The van der Waals surface area contributed by atoms with Crippen molar-refractivity contribution in [3.8, 4) is 0 Å². The maximum absolute atomic E-state index is 12.7. The number of aromatic nitrogens is 1. The van der Waals surface area contributed by atoms with Crippen molar-refractivity contribution >= 4 is 33.3 Å². The van der Waals surface area contributed by atoms with Crippen molar-refractivity contribution in [2.75, 3.05) is 37.7 Å². The van der Waals surface area contributed by atoms with E-state index in [0.717, 1.165) is 58.6 Å². The monoisotopic (exact) mass is 499 g/mol. The van der Waals surface area contributed by atoms with E-state index in [-0.39, 0.29) is 4.87 Å². The SMILES string of the molecule is O=c1sc2ccccc2n1[C@H](O)CNCCSCCCNCCc1cccc(C(F)(F)F)c1. The van der Waals surface area contributed by atoms with E-state index in [0.29, 0.717) is 25.1 Å². The summed E-state index contributed by atoms with van der Waals surface area (Å²) >= 11 is 2.92. The number of nitrogens with one attached hydrogen (secondary N) is 2. The number of thioether (sulfide) groups is 1. The van der Waals surface area contributed by atoms with E-state index in [4.69, 9.17) is 0 Å². The summed E-state index contributed by atoms with van der Waals surface area (Å²) < 4.78 is 40.5. The van der Waals surface area contributed by atoms with E-state index in [1.54, 1.807) is 17.8 Å². The third-order valence-corrected chi connectivity index (χ3v) is 7.06. The second-order valence-corrected chi connectivity index (χ2v) is 9.77. The van der Waals surface area contributed by atoms with Crippen LogP contribution in [-0.4, -0.2) is 47.4 Å². The van der Waals surface area contributed by atoms with Crippen LogP contribution in [0.3, 0.4) is 0 Å². The molecule has 0 aliphatic heterocycles. The van der Waals surface area contributed by atoms with Gasteiger partial charge in [0.25, 0.3) is 0 Å². The zero-order chi connectivity index (χ0) is 23.7. The molecule has 2 aromatic carbocycles. The van der Waals surface area contributed by atoms with Crippen LogP contribution >= 0.6 is 23.1 Å². The number of aliphatic hydroxyl groups excluding tert-OH is 1. The standard InChI is InChI=1S/C23H28F3N3O2S2/c24-23(25,26)18-6-3-5-17(15-18)9-11-27-10-4-13-32-14-12-28-16-21(30)29-19-7-1-2-8-20(19)33-22(29)31/h1-3,5-8,15,21,27-28,30H,4,9-14,16H2/t21-/m1/s1. The number of thiazole rings is 1. The summed E-state index contributed by atoms with van der Waals surface area (Å²) in [5, 5.41) is 16.8. The molecule has 33 heavy (non-hydrogen) atoms. The molecule has 3 N–H and O–H groups in total. The van der Waals surface area contributed by atoms with Gasteiger partial charge in [-0.1, -0.05) is 41.7 Å². The first-order chi connectivity index (χ1) is 15.9. The Morgan fingerprint density at radius 2 is 1.85 bits per heavy atom. The average molecular weight is 500 g/mol. The van der Waals surface area contributed by atoms with Crippen LogP contribution in [0.25, 0.3) is 10.2 Å². The van der Waals surface area contributed by atoms with Crippen molar-refractivity contribution in [2.24, 2.45) is 0 Å². The van der Waals surface area contributed by atoms with Crippen molar-refractivity contribution in [3.05, 3.63) is 69.3 Å². The molecule has 0 spiro atoms. The highest BCUT2D eigenvalue weighted by molar-refractivity contribution is 7.99. The van der Waals surface area contributed by atoms with Crippen molar-refractivity contribution in [1.29, 1.82) is 0 Å². The molecule has 0 fully saturated rings. The molecule has 180 valence electrons. The van der Waals surface area contributed by atoms with Crippen LogP contribution in [0.15, 0.2) is 53.3 Å². The van der Waals surface area contributed by atoms with Gasteiger partial charge in [0.15, 0.2) is 0 Å². The first-order valence-corrected chi connectivity index (χ1v) is 12.8. The van der Waals surface area contributed by atoms with E-state index in [9.17, 15) is 23.1 Å². The zero-order valence-electron chi connectivity index (χ0n) is 18.1.